The van der Waals surface area contributed by atoms with Gasteiger partial charge < -0.3 is 59.1 Å². The zero-order valence-electron chi connectivity index (χ0n) is 33.8. The summed E-state index contributed by atoms with van der Waals surface area (Å²) in [5, 5.41) is 42.4. The van der Waals surface area contributed by atoms with E-state index in [2.05, 4.69) is 31.6 Å². The number of hydrogen-bond acceptors (Lipinski definition) is 10. The summed E-state index contributed by atoms with van der Waals surface area (Å²) in [5.74, 6) is -5.55. The Labute approximate surface area is 339 Å². The van der Waals surface area contributed by atoms with E-state index in [1.54, 1.807) is 0 Å². The third kappa shape index (κ3) is 17.6. The Kier molecular flexibility index (Phi) is 20.1. The molecular weight excluding hydrogens is 750 g/mol. The fraction of sp³-hybridized carbons (Fsp3) is 0.525. The van der Waals surface area contributed by atoms with Gasteiger partial charge in [-0.25, -0.2) is 4.79 Å². The van der Waals surface area contributed by atoms with Crippen molar-refractivity contribution in [3.05, 3.63) is 65.7 Å². The first-order valence-corrected chi connectivity index (χ1v) is 19.3. The van der Waals surface area contributed by atoms with Crippen LogP contribution in [0.5, 0.6) is 5.75 Å². The second-order valence-electron chi connectivity index (χ2n) is 15.2. The second kappa shape index (κ2) is 24.1. The molecule has 5 amide bonds. The van der Waals surface area contributed by atoms with E-state index in [0.29, 0.717) is 5.56 Å². The van der Waals surface area contributed by atoms with Gasteiger partial charge in [-0.3, -0.25) is 29.0 Å². The first-order valence-electron chi connectivity index (χ1n) is 19.3. The third-order valence-corrected chi connectivity index (χ3v) is 8.95. The minimum absolute atomic E-state index is 0.0268. The van der Waals surface area contributed by atoms with Crippen LogP contribution in [0, 0.1) is 11.8 Å². The number of aliphatic imine (C=N–C) groups is 1. The fourth-order valence-corrected chi connectivity index (χ4v) is 5.95. The zero-order chi connectivity index (χ0) is 43.5. The highest BCUT2D eigenvalue weighted by atomic mass is 16.4. The third-order valence-electron chi connectivity index (χ3n) is 8.95. The van der Waals surface area contributed by atoms with Gasteiger partial charge in [0.25, 0.3) is 0 Å². The van der Waals surface area contributed by atoms with Gasteiger partial charge >= 0.3 is 5.97 Å². The van der Waals surface area contributed by atoms with Crippen LogP contribution in [-0.2, 0) is 41.6 Å². The molecule has 18 nitrogen and oxygen atoms in total. The Hall–Kier alpha value is -5.75. The van der Waals surface area contributed by atoms with Crippen LogP contribution >= 0.6 is 0 Å². The highest BCUT2D eigenvalue weighted by molar-refractivity contribution is 5.96. The predicted molar refractivity (Wildman–Crippen MR) is 218 cm³/mol. The number of nitrogens with two attached hydrogens (primary N) is 3. The number of benzene rings is 2. The number of phenols is 1. The summed E-state index contributed by atoms with van der Waals surface area (Å²) in [6.07, 6.45) is -0.848. The first kappa shape index (κ1) is 48.4. The summed E-state index contributed by atoms with van der Waals surface area (Å²) < 4.78 is 0. The molecule has 0 aliphatic carbocycles. The Morgan fingerprint density at radius 3 is 1.60 bits per heavy atom. The molecule has 0 saturated carbocycles. The maximum absolute atomic E-state index is 14.0. The number of amides is 5. The van der Waals surface area contributed by atoms with Crippen molar-refractivity contribution in [1.82, 2.24) is 26.6 Å². The monoisotopic (exact) mass is 811 g/mol. The standard InChI is InChI=1S/C40H61N9O9/c1-22(2)18-30(46-34(52)28(41)20-25-10-7-6-8-11-25)37(55)47-31(19-23(3)4)36(54)45-29(12-9-17-44-40(42)43)35(53)48-32(21-26-13-15-27(51)16-14-26)38(56)49-33(24(5)50)39(57)58/h6-8,10-11,13-16,22-24,28-33,50-51H,9,12,17-21,41H2,1-5H3,(H,45,54)(H,46,52)(H,47,55)(H,48,53)(H,49,56)(H,57,58)(H4,42,43,44)/t24-,28+,29+,30+,31+,32+,33+/m1/s1. The minimum Gasteiger partial charge on any atom is -0.508 e. The molecule has 2 aromatic carbocycles. The van der Waals surface area contributed by atoms with Crippen LogP contribution in [0.4, 0.5) is 0 Å². The Balaban J connectivity index is 2.38. The lowest BCUT2D eigenvalue weighted by Gasteiger charge is -2.28. The minimum atomic E-state index is -1.70. The molecule has 58 heavy (non-hydrogen) atoms. The van der Waals surface area contributed by atoms with Crippen LogP contribution < -0.4 is 43.8 Å². The van der Waals surface area contributed by atoms with Gasteiger partial charge in [-0.2, -0.15) is 0 Å². The molecule has 0 aliphatic heterocycles. The molecule has 2 aromatic rings. The smallest absolute Gasteiger partial charge is 0.328 e. The van der Waals surface area contributed by atoms with Crippen LogP contribution in [0.2, 0.25) is 0 Å². The maximum Gasteiger partial charge on any atom is 0.328 e. The van der Waals surface area contributed by atoms with Crippen molar-refractivity contribution in [1.29, 1.82) is 0 Å². The lowest BCUT2D eigenvalue weighted by Crippen LogP contribution is -2.60. The van der Waals surface area contributed by atoms with Crippen molar-refractivity contribution in [2.45, 2.75) is 115 Å². The van der Waals surface area contributed by atoms with Gasteiger partial charge in [-0.15, -0.1) is 0 Å². The molecule has 320 valence electrons. The number of phenolic OH excluding ortho intramolecular Hbond substituents is 1. The van der Waals surface area contributed by atoms with Gasteiger partial charge in [0.05, 0.1) is 12.1 Å². The summed E-state index contributed by atoms with van der Waals surface area (Å²) in [6.45, 7) is 8.70. The number of aromatic hydroxyl groups is 1. The van der Waals surface area contributed by atoms with E-state index in [9.17, 15) is 44.1 Å². The molecule has 0 bridgehead atoms. The number of guanidine groups is 1. The number of carbonyl (C=O) groups excluding carboxylic acids is 5. The van der Waals surface area contributed by atoms with Crippen molar-refractivity contribution in [3.63, 3.8) is 0 Å². The van der Waals surface area contributed by atoms with Gasteiger partial charge in [0.15, 0.2) is 12.0 Å². The molecule has 7 atom stereocenters. The van der Waals surface area contributed by atoms with E-state index < -0.39 is 77.9 Å². The van der Waals surface area contributed by atoms with E-state index in [1.807, 2.05) is 58.0 Å². The quantitative estimate of drug-likeness (QED) is 0.0365. The van der Waals surface area contributed by atoms with E-state index in [4.69, 9.17) is 17.2 Å². The summed E-state index contributed by atoms with van der Waals surface area (Å²) >= 11 is 0. The van der Waals surface area contributed by atoms with E-state index in [1.165, 1.54) is 31.2 Å². The number of hydrogen-bond donors (Lipinski definition) is 11. The number of nitrogens with one attached hydrogen (secondary N) is 5. The van der Waals surface area contributed by atoms with Crippen LogP contribution in [0.15, 0.2) is 59.6 Å². The number of aliphatic carboxylic acids is 1. The number of carboxylic acids is 1. The van der Waals surface area contributed by atoms with Crippen molar-refractivity contribution < 1.29 is 44.1 Å². The first-order chi connectivity index (χ1) is 27.3. The van der Waals surface area contributed by atoms with Gasteiger partial charge in [0, 0.05) is 13.0 Å². The van der Waals surface area contributed by atoms with Gasteiger partial charge in [0.2, 0.25) is 29.5 Å². The lowest BCUT2D eigenvalue weighted by atomic mass is 9.99. The molecule has 0 saturated heterocycles. The van der Waals surface area contributed by atoms with E-state index in [0.717, 1.165) is 5.56 Å². The highest BCUT2D eigenvalue weighted by Crippen LogP contribution is 2.14. The van der Waals surface area contributed by atoms with Crippen LogP contribution in [0.1, 0.15) is 71.4 Å². The van der Waals surface area contributed by atoms with Crippen molar-refractivity contribution in [2.24, 2.45) is 34.0 Å². The number of aliphatic hydroxyl groups excluding tert-OH is 1. The number of aliphatic hydroxyl groups is 1. The average Bonchev–Trinajstić information content (AvgIpc) is 3.14. The largest absolute Gasteiger partial charge is 0.508 e. The molecule has 18 heteroatoms. The number of rotatable bonds is 24. The Morgan fingerprint density at radius 2 is 1.10 bits per heavy atom. The Bertz CT molecular complexity index is 1680. The fourth-order valence-electron chi connectivity index (χ4n) is 5.95. The van der Waals surface area contributed by atoms with Gasteiger partial charge in [-0.05, 0) is 74.1 Å². The maximum atomic E-state index is 14.0. The van der Waals surface area contributed by atoms with Gasteiger partial charge in [0.1, 0.15) is 29.9 Å². The van der Waals surface area contributed by atoms with E-state index in [-0.39, 0.29) is 68.6 Å². The summed E-state index contributed by atoms with van der Waals surface area (Å²) in [4.78, 5) is 84.2. The lowest BCUT2D eigenvalue weighted by molar-refractivity contribution is -0.145. The summed E-state index contributed by atoms with van der Waals surface area (Å²) in [6, 6.07) is 7.37. The normalized spacial score (nSPS) is 14.8. The number of carboxylic acid groups (broad SMARTS) is 1. The predicted octanol–water partition coefficient (Wildman–Crippen LogP) is -0.460. The molecule has 0 fully saturated rings. The van der Waals surface area contributed by atoms with Crippen LogP contribution in [0.3, 0.4) is 0 Å². The van der Waals surface area contributed by atoms with Crippen molar-refractivity contribution in [2.75, 3.05) is 6.54 Å². The van der Waals surface area contributed by atoms with Crippen LogP contribution in [-0.4, -0.2) is 106 Å². The number of carbonyl (C=O) groups is 6. The topological polar surface area (TPSA) is 314 Å². The molecule has 0 radical (unpaired) electrons. The van der Waals surface area contributed by atoms with Crippen LogP contribution in [0.25, 0.3) is 0 Å². The van der Waals surface area contributed by atoms with Crippen molar-refractivity contribution >= 4 is 41.5 Å². The summed E-state index contributed by atoms with van der Waals surface area (Å²) in [5.41, 5.74) is 18.5. The highest BCUT2D eigenvalue weighted by Gasteiger charge is 2.34. The molecule has 0 aromatic heterocycles. The van der Waals surface area contributed by atoms with Gasteiger partial charge in [-0.1, -0.05) is 70.2 Å². The summed E-state index contributed by atoms with van der Waals surface area (Å²) in [7, 11) is 0. The zero-order valence-corrected chi connectivity index (χ0v) is 33.8. The molecule has 0 heterocycles. The molecule has 2 rings (SSSR count). The molecule has 0 unspecified atom stereocenters. The average molecular weight is 812 g/mol. The molecule has 14 N–H and O–H groups in total. The second-order valence-corrected chi connectivity index (χ2v) is 15.2. The number of nitrogens with zero attached hydrogens (tertiary/aromatic N) is 1. The SMILES string of the molecule is CC(C)C[C@H](NC(=O)[C@H](CC(C)C)NC(=O)[C@@H](N)Cc1ccccc1)C(=O)N[C@@H](CCCN=C(N)N)C(=O)N[C@@H](Cc1ccc(O)cc1)C(=O)N[C@H](C(=O)O)[C@@H](C)O. The van der Waals surface area contributed by atoms with E-state index >= 15 is 0 Å². The molecule has 0 spiro atoms. The van der Waals surface area contributed by atoms with Crippen molar-refractivity contribution in [3.8, 4) is 5.75 Å². The molecular formula is C40H61N9O9. The molecule has 0 aliphatic rings. The Morgan fingerprint density at radius 1 is 0.638 bits per heavy atom.